The van der Waals surface area contributed by atoms with E-state index in [1.807, 2.05) is 60.7 Å². The summed E-state index contributed by atoms with van der Waals surface area (Å²) in [5.74, 6) is -0.195. The van der Waals surface area contributed by atoms with Crippen LogP contribution >= 0.6 is 0 Å². The first-order valence-electron chi connectivity index (χ1n) is 11.2. The number of hydrogen-bond acceptors (Lipinski definition) is 3. The molecule has 4 nitrogen and oxygen atoms in total. The molecule has 1 amide bonds. The van der Waals surface area contributed by atoms with Crippen molar-refractivity contribution in [2.24, 2.45) is 0 Å². The summed E-state index contributed by atoms with van der Waals surface area (Å²) in [5.41, 5.74) is 6.95. The van der Waals surface area contributed by atoms with Gasteiger partial charge in [0, 0.05) is 25.2 Å². The molecule has 4 heteroatoms. The summed E-state index contributed by atoms with van der Waals surface area (Å²) in [7, 11) is 0. The largest absolute Gasteiger partial charge is 0.506 e. The van der Waals surface area contributed by atoms with Gasteiger partial charge in [-0.25, -0.2) is 0 Å². The van der Waals surface area contributed by atoms with E-state index in [0.717, 1.165) is 37.2 Å². The third-order valence-corrected chi connectivity index (χ3v) is 6.18. The highest BCUT2D eigenvalue weighted by molar-refractivity contribution is 6.05. The molecule has 0 aliphatic carbocycles. The summed E-state index contributed by atoms with van der Waals surface area (Å²) in [6.07, 6.45) is 1.07. The molecule has 1 aliphatic rings. The summed E-state index contributed by atoms with van der Waals surface area (Å²) < 4.78 is 0. The van der Waals surface area contributed by atoms with Gasteiger partial charge < -0.3 is 10.4 Å². The minimum absolute atomic E-state index is 0.0463. The van der Waals surface area contributed by atoms with Crippen LogP contribution in [-0.2, 0) is 19.5 Å². The number of rotatable bonds is 5. The quantitative estimate of drug-likeness (QED) is 0.386. The highest BCUT2D eigenvalue weighted by Gasteiger charge is 2.16. The van der Waals surface area contributed by atoms with Crippen LogP contribution in [0.3, 0.4) is 0 Å². The van der Waals surface area contributed by atoms with E-state index in [1.54, 1.807) is 12.1 Å². The predicted octanol–water partition coefficient (Wildman–Crippen LogP) is 5.87. The third kappa shape index (κ3) is 4.81. The minimum atomic E-state index is -0.242. The molecule has 0 spiro atoms. The standard InChI is InChI=1S/C29H26N2O2/c32-28-15-14-25(22-6-2-1-3-7-22)18-27(28)30-29(33)24-12-10-21(11-13-24)19-31-17-16-23-8-4-5-9-26(23)20-31/h1-15,18,32H,16-17,19-20H2,(H,30,33). The highest BCUT2D eigenvalue weighted by atomic mass is 16.3. The van der Waals surface area contributed by atoms with Gasteiger partial charge in [-0.2, -0.15) is 0 Å². The van der Waals surface area contributed by atoms with Crippen molar-refractivity contribution < 1.29 is 9.90 Å². The fourth-order valence-electron chi connectivity index (χ4n) is 4.35. The second-order valence-corrected chi connectivity index (χ2v) is 8.48. The minimum Gasteiger partial charge on any atom is -0.506 e. The molecule has 164 valence electrons. The van der Waals surface area contributed by atoms with Crippen LogP contribution in [0.4, 0.5) is 5.69 Å². The van der Waals surface area contributed by atoms with Crippen molar-refractivity contribution in [3.8, 4) is 16.9 Å². The van der Waals surface area contributed by atoms with Gasteiger partial charge in [0.05, 0.1) is 5.69 Å². The van der Waals surface area contributed by atoms with Crippen LogP contribution in [0.5, 0.6) is 5.75 Å². The fraction of sp³-hybridized carbons (Fsp3) is 0.138. The number of benzene rings is 4. The number of fused-ring (bicyclic) bond motifs is 1. The summed E-state index contributed by atoms with van der Waals surface area (Å²) in [5, 5.41) is 13.1. The number of anilines is 1. The Morgan fingerprint density at radius 3 is 2.33 bits per heavy atom. The van der Waals surface area contributed by atoms with Gasteiger partial charge in [0.15, 0.2) is 0 Å². The molecule has 0 saturated heterocycles. The summed E-state index contributed by atoms with van der Waals surface area (Å²) in [6, 6.07) is 31.5. The van der Waals surface area contributed by atoms with E-state index in [1.165, 1.54) is 16.7 Å². The van der Waals surface area contributed by atoms with Gasteiger partial charge in [-0.3, -0.25) is 9.69 Å². The van der Waals surface area contributed by atoms with Crippen molar-refractivity contribution in [1.29, 1.82) is 0 Å². The second-order valence-electron chi connectivity index (χ2n) is 8.48. The van der Waals surface area contributed by atoms with Crippen molar-refractivity contribution in [1.82, 2.24) is 4.90 Å². The average Bonchev–Trinajstić information content (AvgIpc) is 2.86. The molecule has 33 heavy (non-hydrogen) atoms. The lowest BCUT2D eigenvalue weighted by atomic mass is 9.99. The zero-order valence-corrected chi connectivity index (χ0v) is 18.4. The van der Waals surface area contributed by atoms with E-state index >= 15 is 0 Å². The predicted molar refractivity (Wildman–Crippen MR) is 132 cm³/mol. The second kappa shape index (κ2) is 9.31. The van der Waals surface area contributed by atoms with Crippen molar-refractivity contribution >= 4 is 11.6 Å². The average molecular weight is 435 g/mol. The molecule has 0 atom stereocenters. The van der Waals surface area contributed by atoms with Gasteiger partial charge in [0.25, 0.3) is 5.91 Å². The zero-order valence-electron chi connectivity index (χ0n) is 18.4. The van der Waals surface area contributed by atoms with E-state index in [2.05, 4.69) is 34.5 Å². The van der Waals surface area contributed by atoms with Crippen LogP contribution < -0.4 is 5.32 Å². The van der Waals surface area contributed by atoms with Gasteiger partial charge in [0.1, 0.15) is 5.75 Å². The fourth-order valence-corrected chi connectivity index (χ4v) is 4.35. The molecule has 0 fully saturated rings. The molecule has 1 aliphatic heterocycles. The van der Waals surface area contributed by atoms with Gasteiger partial charge in [-0.1, -0.05) is 72.8 Å². The van der Waals surface area contributed by atoms with Gasteiger partial charge in [-0.05, 0) is 58.5 Å². The number of phenols is 1. The molecule has 4 aromatic rings. The Balaban J connectivity index is 1.25. The van der Waals surface area contributed by atoms with E-state index in [4.69, 9.17) is 0 Å². The van der Waals surface area contributed by atoms with E-state index in [-0.39, 0.29) is 11.7 Å². The SMILES string of the molecule is O=C(Nc1cc(-c2ccccc2)ccc1O)c1ccc(CN2CCc3ccccc3C2)cc1. The number of carbonyl (C=O) groups is 1. The van der Waals surface area contributed by atoms with Crippen molar-refractivity contribution in [3.05, 3.63) is 119 Å². The molecular weight excluding hydrogens is 408 g/mol. The van der Waals surface area contributed by atoms with Crippen LogP contribution in [0.25, 0.3) is 11.1 Å². The first kappa shape index (κ1) is 21.0. The van der Waals surface area contributed by atoms with Crippen molar-refractivity contribution in [2.75, 3.05) is 11.9 Å². The molecule has 0 radical (unpaired) electrons. The Labute approximate surface area is 194 Å². The Morgan fingerprint density at radius 2 is 1.55 bits per heavy atom. The monoisotopic (exact) mass is 434 g/mol. The number of aromatic hydroxyl groups is 1. The molecule has 0 unspecified atom stereocenters. The number of phenolic OH excluding ortho intramolecular Hbond substituents is 1. The van der Waals surface area contributed by atoms with E-state index in [9.17, 15) is 9.90 Å². The number of nitrogens with zero attached hydrogens (tertiary/aromatic N) is 1. The van der Waals surface area contributed by atoms with Crippen LogP contribution in [0.15, 0.2) is 97.1 Å². The van der Waals surface area contributed by atoms with E-state index < -0.39 is 0 Å². The van der Waals surface area contributed by atoms with Crippen LogP contribution in [0, 0.1) is 0 Å². The maximum Gasteiger partial charge on any atom is 0.255 e. The van der Waals surface area contributed by atoms with Crippen LogP contribution in [0.2, 0.25) is 0 Å². The highest BCUT2D eigenvalue weighted by Crippen LogP contribution is 2.30. The summed E-state index contributed by atoms with van der Waals surface area (Å²) in [4.78, 5) is 15.3. The van der Waals surface area contributed by atoms with Crippen LogP contribution in [-0.4, -0.2) is 22.5 Å². The van der Waals surface area contributed by atoms with Crippen molar-refractivity contribution in [2.45, 2.75) is 19.5 Å². The number of nitrogens with one attached hydrogen (secondary N) is 1. The Hall–Kier alpha value is -3.89. The molecule has 2 N–H and O–H groups in total. The molecule has 1 heterocycles. The third-order valence-electron chi connectivity index (χ3n) is 6.18. The van der Waals surface area contributed by atoms with Gasteiger partial charge >= 0.3 is 0 Å². The Morgan fingerprint density at radius 1 is 0.818 bits per heavy atom. The first-order valence-corrected chi connectivity index (χ1v) is 11.2. The van der Waals surface area contributed by atoms with E-state index in [0.29, 0.717) is 11.3 Å². The molecular formula is C29H26N2O2. The number of carbonyl (C=O) groups excluding carboxylic acids is 1. The zero-order chi connectivity index (χ0) is 22.6. The van der Waals surface area contributed by atoms with Crippen molar-refractivity contribution in [3.63, 3.8) is 0 Å². The molecule has 5 rings (SSSR count). The first-order chi connectivity index (χ1) is 16.2. The normalized spacial score (nSPS) is 13.3. The maximum absolute atomic E-state index is 12.8. The molecule has 0 aromatic heterocycles. The molecule has 4 aromatic carbocycles. The summed E-state index contributed by atoms with van der Waals surface area (Å²) >= 11 is 0. The topological polar surface area (TPSA) is 52.6 Å². The van der Waals surface area contributed by atoms with Gasteiger partial charge in [0.2, 0.25) is 0 Å². The summed E-state index contributed by atoms with van der Waals surface area (Å²) in [6.45, 7) is 2.85. The smallest absolute Gasteiger partial charge is 0.255 e. The number of hydrogen-bond donors (Lipinski definition) is 2. The number of amides is 1. The molecule has 0 saturated carbocycles. The molecule has 0 bridgehead atoms. The maximum atomic E-state index is 12.8. The van der Waals surface area contributed by atoms with Gasteiger partial charge in [-0.15, -0.1) is 0 Å². The van der Waals surface area contributed by atoms with Crippen LogP contribution in [0.1, 0.15) is 27.0 Å². The lowest BCUT2D eigenvalue weighted by molar-refractivity contribution is 0.102. The lowest BCUT2D eigenvalue weighted by Gasteiger charge is -2.28. The Kier molecular flexibility index (Phi) is 5.92. The Bertz CT molecular complexity index is 1270. The lowest BCUT2D eigenvalue weighted by Crippen LogP contribution is -2.29.